The third kappa shape index (κ3) is 3.94. The van der Waals surface area contributed by atoms with E-state index in [0.717, 1.165) is 31.0 Å². The Balaban J connectivity index is 2.30. The summed E-state index contributed by atoms with van der Waals surface area (Å²) < 4.78 is 5.46. The van der Waals surface area contributed by atoms with Crippen LogP contribution in [-0.4, -0.2) is 29.7 Å². The fraction of sp³-hybridized carbons (Fsp3) is 0.636. The molecule has 0 aromatic carbocycles. The fourth-order valence-corrected chi connectivity index (χ4v) is 1.32. The van der Waals surface area contributed by atoms with E-state index < -0.39 is 0 Å². The molecule has 0 fully saturated rings. The maximum Gasteiger partial charge on any atom is 0.118 e. The van der Waals surface area contributed by atoms with E-state index in [1.807, 2.05) is 33.0 Å². The Morgan fingerprint density at radius 2 is 2.21 bits per heavy atom. The molecule has 1 aromatic rings. The van der Waals surface area contributed by atoms with Crippen LogP contribution in [0.2, 0.25) is 0 Å². The highest BCUT2D eigenvalue weighted by Crippen LogP contribution is 2.08. The molecule has 0 aliphatic heterocycles. The molecule has 1 heterocycles. The summed E-state index contributed by atoms with van der Waals surface area (Å²) in [7, 11) is 2.03. The normalized spacial score (nSPS) is 13.5. The summed E-state index contributed by atoms with van der Waals surface area (Å²) in [5, 5.41) is 9.12. The Kier molecular flexibility index (Phi) is 4.17. The third-order valence-corrected chi connectivity index (χ3v) is 2.15. The summed E-state index contributed by atoms with van der Waals surface area (Å²) in [6.45, 7) is 5.45. The Hall–Kier alpha value is -0.800. The van der Waals surface area contributed by atoms with E-state index in [1.165, 1.54) is 0 Å². The average molecular weight is 197 g/mol. The van der Waals surface area contributed by atoms with Gasteiger partial charge in [-0.3, -0.25) is 4.90 Å². The lowest BCUT2D eigenvalue weighted by atomic mass is 10.2. The summed E-state index contributed by atoms with van der Waals surface area (Å²) in [5.74, 6) is 1.93. The lowest BCUT2D eigenvalue weighted by molar-refractivity contribution is 0.160. The quantitative estimate of drug-likeness (QED) is 0.782. The molecule has 3 nitrogen and oxygen atoms in total. The van der Waals surface area contributed by atoms with Gasteiger partial charge in [-0.2, -0.15) is 0 Å². The highest BCUT2D eigenvalue weighted by molar-refractivity contribution is 5.05. The Bertz CT molecular complexity index is 268. The van der Waals surface area contributed by atoms with Gasteiger partial charge in [-0.1, -0.05) is 0 Å². The predicted octanol–water partition coefficient (Wildman–Crippen LogP) is 1.79. The Morgan fingerprint density at radius 3 is 2.71 bits per heavy atom. The molecule has 1 rings (SSSR count). The molecular weight excluding hydrogens is 178 g/mol. The molecule has 80 valence electrons. The van der Waals surface area contributed by atoms with Crippen LogP contribution in [0.15, 0.2) is 16.5 Å². The van der Waals surface area contributed by atoms with E-state index in [4.69, 9.17) is 9.52 Å². The molecule has 1 atom stereocenters. The van der Waals surface area contributed by atoms with Crippen molar-refractivity contribution >= 4 is 0 Å². The van der Waals surface area contributed by atoms with Gasteiger partial charge in [0, 0.05) is 6.54 Å². The van der Waals surface area contributed by atoms with E-state index >= 15 is 0 Å². The lowest BCUT2D eigenvalue weighted by Gasteiger charge is -2.15. The number of hydrogen-bond acceptors (Lipinski definition) is 3. The van der Waals surface area contributed by atoms with Crippen LogP contribution < -0.4 is 0 Å². The maximum absolute atomic E-state index is 9.12. The minimum atomic E-state index is -0.226. The van der Waals surface area contributed by atoms with E-state index in [9.17, 15) is 0 Å². The zero-order valence-electron chi connectivity index (χ0n) is 9.16. The van der Waals surface area contributed by atoms with Gasteiger partial charge in [0.15, 0.2) is 0 Å². The van der Waals surface area contributed by atoms with Crippen LogP contribution >= 0.6 is 0 Å². The van der Waals surface area contributed by atoms with Gasteiger partial charge in [0.25, 0.3) is 0 Å². The lowest BCUT2D eigenvalue weighted by Crippen LogP contribution is -2.21. The molecule has 0 saturated carbocycles. The highest BCUT2D eigenvalue weighted by Gasteiger charge is 2.04. The first kappa shape index (κ1) is 11.3. The second kappa shape index (κ2) is 5.17. The van der Waals surface area contributed by atoms with Gasteiger partial charge in [-0.15, -0.1) is 0 Å². The number of nitrogens with zero attached hydrogens (tertiary/aromatic N) is 1. The highest BCUT2D eigenvalue weighted by atomic mass is 16.3. The van der Waals surface area contributed by atoms with Gasteiger partial charge in [0.05, 0.1) is 12.6 Å². The zero-order chi connectivity index (χ0) is 10.6. The second-order valence-electron chi connectivity index (χ2n) is 3.89. The summed E-state index contributed by atoms with van der Waals surface area (Å²) in [6, 6.07) is 3.96. The van der Waals surface area contributed by atoms with Gasteiger partial charge in [0.1, 0.15) is 11.5 Å². The molecule has 0 spiro atoms. The van der Waals surface area contributed by atoms with E-state index in [1.54, 1.807) is 0 Å². The van der Waals surface area contributed by atoms with Crippen LogP contribution in [0.4, 0.5) is 0 Å². The monoisotopic (exact) mass is 197 g/mol. The SMILES string of the molecule is Cc1ccc(CN(C)CCC(C)O)o1. The molecule has 14 heavy (non-hydrogen) atoms. The van der Waals surface area contributed by atoms with Gasteiger partial charge < -0.3 is 9.52 Å². The zero-order valence-corrected chi connectivity index (χ0v) is 9.16. The maximum atomic E-state index is 9.12. The molecule has 1 unspecified atom stereocenters. The predicted molar refractivity (Wildman–Crippen MR) is 56.1 cm³/mol. The van der Waals surface area contributed by atoms with Crippen molar-refractivity contribution in [3.8, 4) is 0 Å². The van der Waals surface area contributed by atoms with Gasteiger partial charge in [0.2, 0.25) is 0 Å². The number of rotatable bonds is 5. The van der Waals surface area contributed by atoms with Gasteiger partial charge >= 0.3 is 0 Å². The molecule has 0 bridgehead atoms. The summed E-state index contributed by atoms with van der Waals surface area (Å²) in [6.07, 6.45) is 0.576. The number of aliphatic hydroxyl groups excluding tert-OH is 1. The Morgan fingerprint density at radius 1 is 1.50 bits per heavy atom. The van der Waals surface area contributed by atoms with Crippen molar-refractivity contribution in [3.63, 3.8) is 0 Å². The largest absolute Gasteiger partial charge is 0.465 e. The fourth-order valence-electron chi connectivity index (χ4n) is 1.32. The molecular formula is C11H19NO2. The molecule has 1 aromatic heterocycles. The second-order valence-corrected chi connectivity index (χ2v) is 3.89. The number of furan rings is 1. The van der Waals surface area contributed by atoms with Crippen molar-refractivity contribution in [1.82, 2.24) is 4.90 Å². The van der Waals surface area contributed by atoms with Crippen LogP contribution in [0, 0.1) is 6.92 Å². The first-order valence-corrected chi connectivity index (χ1v) is 5.00. The molecule has 0 aliphatic rings. The van der Waals surface area contributed by atoms with Crippen molar-refractivity contribution in [2.45, 2.75) is 32.9 Å². The van der Waals surface area contributed by atoms with Gasteiger partial charge in [-0.05, 0) is 39.4 Å². The van der Waals surface area contributed by atoms with Gasteiger partial charge in [-0.25, -0.2) is 0 Å². The van der Waals surface area contributed by atoms with Crippen LogP contribution in [-0.2, 0) is 6.54 Å². The molecule has 0 saturated heterocycles. The minimum Gasteiger partial charge on any atom is -0.465 e. The van der Waals surface area contributed by atoms with Crippen molar-refractivity contribution in [1.29, 1.82) is 0 Å². The first-order valence-electron chi connectivity index (χ1n) is 5.00. The topological polar surface area (TPSA) is 36.6 Å². The number of aliphatic hydroxyl groups is 1. The molecule has 0 aliphatic carbocycles. The van der Waals surface area contributed by atoms with Crippen LogP contribution in [0.5, 0.6) is 0 Å². The molecule has 1 N–H and O–H groups in total. The number of aryl methyl sites for hydroxylation is 1. The minimum absolute atomic E-state index is 0.226. The van der Waals surface area contributed by atoms with E-state index in [0.29, 0.717) is 0 Å². The van der Waals surface area contributed by atoms with Crippen molar-refractivity contribution < 1.29 is 9.52 Å². The van der Waals surface area contributed by atoms with E-state index in [2.05, 4.69) is 4.90 Å². The molecule has 3 heteroatoms. The van der Waals surface area contributed by atoms with Crippen molar-refractivity contribution in [2.75, 3.05) is 13.6 Å². The Labute approximate surface area is 85.3 Å². The van der Waals surface area contributed by atoms with E-state index in [-0.39, 0.29) is 6.10 Å². The number of hydrogen-bond donors (Lipinski definition) is 1. The van der Waals surface area contributed by atoms with Crippen LogP contribution in [0.1, 0.15) is 24.9 Å². The molecule has 0 radical (unpaired) electrons. The first-order chi connectivity index (χ1) is 6.58. The van der Waals surface area contributed by atoms with Crippen LogP contribution in [0.3, 0.4) is 0 Å². The summed E-state index contributed by atoms with van der Waals surface area (Å²) in [4.78, 5) is 2.14. The van der Waals surface area contributed by atoms with Crippen molar-refractivity contribution in [2.24, 2.45) is 0 Å². The standard InChI is InChI=1S/C11H19NO2/c1-9(13)6-7-12(3)8-11-5-4-10(2)14-11/h4-5,9,13H,6-8H2,1-3H3. The summed E-state index contributed by atoms with van der Waals surface area (Å²) in [5.41, 5.74) is 0. The van der Waals surface area contributed by atoms with Crippen molar-refractivity contribution in [3.05, 3.63) is 23.7 Å². The third-order valence-electron chi connectivity index (χ3n) is 2.15. The smallest absolute Gasteiger partial charge is 0.118 e. The van der Waals surface area contributed by atoms with Crippen LogP contribution in [0.25, 0.3) is 0 Å². The molecule has 0 amide bonds. The summed E-state index contributed by atoms with van der Waals surface area (Å²) >= 11 is 0. The average Bonchev–Trinajstić information content (AvgIpc) is 2.48.